The second kappa shape index (κ2) is 5.67. The molecule has 0 spiro atoms. The van der Waals surface area contributed by atoms with Crippen molar-refractivity contribution in [2.75, 3.05) is 0 Å². The third-order valence-electron chi connectivity index (χ3n) is 3.37. The molecule has 0 heterocycles. The van der Waals surface area contributed by atoms with Crippen molar-refractivity contribution in [1.82, 2.24) is 0 Å². The molecule has 0 bridgehead atoms. The van der Waals surface area contributed by atoms with Crippen LogP contribution in [0.15, 0.2) is 0 Å². The highest BCUT2D eigenvalue weighted by Crippen LogP contribution is 2.37. The van der Waals surface area contributed by atoms with Gasteiger partial charge in [-0.1, -0.05) is 48.4 Å². The quantitative estimate of drug-likeness (QED) is 0.562. The van der Waals surface area contributed by atoms with Gasteiger partial charge in [0.1, 0.15) is 0 Å². The predicted octanol–water partition coefficient (Wildman–Crippen LogP) is 3.85. The minimum absolute atomic E-state index is 0.0516. The van der Waals surface area contributed by atoms with Crippen molar-refractivity contribution in [2.45, 2.75) is 74.1 Å². The summed E-state index contributed by atoms with van der Waals surface area (Å²) in [7, 11) is 0.838. The van der Waals surface area contributed by atoms with Crippen LogP contribution in [0.1, 0.15) is 61.8 Å². The molecule has 0 aliphatic rings. The molecule has 0 aliphatic heterocycles. The SMILES string of the molecule is CBC(C)(C)OC(=O)C(CC(C)(C)C)C(C)(C)C. The van der Waals surface area contributed by atoms with Gasteiger partial charge in [0.05, 0.1) is 11.4 Å². The number of esters is 1. The maximum absolute atomic E-state index is 12.4. The van der Waals surface area contributed by atoms with Crippen LogP contribution < -0.4 is 0 Å². The first kappa shape index (κ1) is 17.5. The summed E-state index contributed by atoms with van der Waals surface area (Å²) in [4.78, 5) is 12.4. The Morgan fingerprint density at radius 1 is 1.06 bits per heavy atom. The van der Waals surface area contributed by atoms with Gasteiger partial charge in [-0.2, -0.15) is 0 Å². The van der Waals surface area contributed by atoms with E-state index >= 15 is 0 Å². The minimum Gasteiger partial charge on any atom is -0.469 e. The van der Waals surface area contributed by atoms with E-state index < -0.39 is 0 Å². The first-order valence-corrected chi connectivity index (χ1v) is 7.01. The number of carbonyl (C=O) groups excluding carboxylic acids is 1. The van der Waals surface area contributed by atoms with Gasteiger partial charge in [0, 0.05) is 0 Å². The van der Waals surface area contributed by atoms with Crippen molar-refractivity contribution in [2.24, 2.45) is 16.7 Å². The average Bonchev–Trinajstić information content (AvgIpc) is 2.10. The molecule has 0 N–H and O–H groups in total. The number of carbonyl (C=O) groups is 1. The monoisotopic (exact) mass is 254 g/mol. The molecule has 1 unspecified atom stereocenters. The molecule has 0 aliphatic carbocycles. The van der Waals surface area contributed by atoms with Gasteiger partial charge >= 0.3 is 5.97 Å². The summed E-state index contributed by atoms with van der Waals surface area (Å²) in [5.74, 6) is -0.104. The summed E-state index contributed by atoms with van der Waals surface area (Å²) in [6, 6.07) is 0. The highest BCUT2D eigenvalue weighted by atomic mass is 16.6. The lowest BCUT2D eigenvalue weighted by Crippen LogP contribution is -2.40. The highest BCUT2D eigenvalue weighted by molar-refractivity contribution is 6.37. The largest absolute Gasteiger partial charge is 0.469 e. The second-order valence-corrected chi connectivity index (χ2v) is 8.22. The molecule has 0 aromatic heterocycles. The van der Waals surface area contributed by atoms with E-state index in [1.807, 2.05) is 20.7 Å². The maximum Gasteiger partial charge on any atom is 0.309 e. The summed E-state index contributed by atoms with van der Waals surface area (Å²) in [6.07, 6.45) is 0.856. The van der Waals surface area contributed by atoms with E-state index in [-0.39, 0.29) is 28.2 Å². The highest BCUT2D eigenvalue weighted by Gasteiger charge is 2.37. The Morgan fingerprint density at radius 3 is 1.78 bits per heavy atom. The summed E-state index contributed by atoms with van der Waals surface area (Å²) in [6.45, 7) is 18.8. The zero-order valence-electron chi connectivity index (χ0n) is 13.8. The molecule has 2 nitrogen and oxygen atoms in total. The average molecular weight is 254 g/mol. The lowest BCUT2D eigenvalue weighted by Gasteiger charge is -2.36. The Hall–Kier alpha value is -0.465. The maximum atomic E-state index is 12.4. The van der Waals surface area contributed by atoms with Crippen LogP contribution in [0.3, 0.4) is 0 Å². The van der Waals surface area contributed by atoms with Crippen molar-refractivity contribution in [3.8, 4) is 0 Å². The summed E-state index contributed by atoms with van der Waals surface area (Å²) in [5, 5.41) is 0. The summed E-state index contributed by atoms with van der Waals surface area (Å²) in [5.41, 5.74) is -0.292. The van der Waals surface area contributed by atoms with Crippen molar-refractivity contribution in [3.05, 3.63) is 0 Å². The van der Waals surface area contributed by atoms with Gasteiger partial charge in [0.25, 0.3) is 0 Å². The molecule has 0 saturated carbocycles. The van der Waals surface area contributed by atoms with E-state index in [9.17, 15) is 4.79 Å². The van der Waals surface area contributed by atoms with Gasteiger partial charge in [-0.05, 0) is 31.1 Å². The summed E-state index contributed by atoms with van der Waals surface area (Å²) < 4.78 is 5.68. The molecule has 18 heavy (non-hydrogen) atoms. The molecular weight excluding hydrogens is 223 g/mol. The van der Waals surface area contributed by atoms with Crippen LogP contribution >= 0.6 is 0 Å². The van der Waals surface area contributed by atoms with Crippen LogP contribution in [0, 0.1) is 16.7 Å². The molecule has 0 aromatic rings. The third-order valence-corrected chi connectivity index (χ3v) is 3.37. The first-order valence-electron chi connectivity index (χ1n) is 7.01. The predicted molar refractivity (Wildman–Crippen MR) is 80.2 cm³/mol. The summed E-state index contributed by atoms with van der Waals surface area (Å²) >= 11 is 0. The van der Waals surface area contributed by atoms with E-state index in [0.29, 0.717) is 0 Å². The normalized spacial score (nSPS) is 15.2. The van der Waals surface area contributed by atoms with Gasteiger partial charge in [0.15, 0.2) is 7.28 Å². The molecule has 0 fully saturated rings. The second-order valence-electron chi connectivity index (χ2n) is 8.22. The molecule has 106 valence electrons. The zero-order chi connectivity index (χ0) is 14.8. The first-order chi connectivity index (χ1) is 7.78. The third kappa shape index (κ3) is 6.46. The number of ether oxygens (including phenoxy) is 1. The van der Waals surface area contributed by atoms with Crippen LogP contribution in [-0.4, -0.2) is 18.7 Å². The lowest BCUT2D eigenvalue weighted by molar-refractivity contribution is -0.160. The van der Waals surface area contributed by atoms with Crippen LogP contribution in [0.4, 0.5) is 0 Å². The van der Waals surface area contributed by atoms with Gasteiger partial charge < -0.3 is 4.74 Å². The molecule has 1 atom stereocenters. The molecule has 0 aromatic carbocycles. The Labute approximate surface area is 114 Å². The Morgan fingerprint density at radius 2 is 1.50 bits per heavy atom. The van der Waals surface area contributed by atoms with Crippen LogP contribution in [0.2, 0.25) is 6.82 Å². The van der Waals surface area contributed by atoms with Gasteiger partial charge in [-0.25, -0.2) is 0 Å². The van der Waals surface area contributed by atoms with Gasteiger partial charge in [0.2, 0.25) is 0 Å². The van der Waals surface area contributed by atoms with Crippen molar-refractivity contribution >= 4 is 13.2 Å². The van der Waals surface area contributed by atoms with E-state index in [1.165, 1.54) is 0 Å². The number of rotatable bonds is 4. The van der Waals surface area contributed by atoms with E-state index in [4.69, 9.17) is 4.74 Å². The van der Waals surface area contributed by atoms with E-state index in [2.05, 4.69) is 41.5 Å². The van der Waals surface area contributed by atoms with Crippen molar-refractivity contribution in [3.63, 3.8) is 0 Å². The standard InChI is InChI=1S/C15H31BO2/c1-13(2,3)10-11(14(4,5)6)12(17)18-15(7,8)16-9/h11,16H,10H2,1-9H3. The van der Waals surface area contributed by atoms with Crippen LogP contribution in [-0.2, 0) is 9.53 Å². The smallest absolute Gasteiger partial charge is 0.309 e. The molecular formula is C15H31BO2. The van der Waals surface area contributed by atoms with Crippen LogP contribution in [0.25, 0.3) is 0 Å². The van der Waals surface area contributed by atoms with Gasteiger partial charge in [-0.15, -0.1) is 0 Å². The molecule has 0 amide bonds. The minimum atomic E-state index is -0.363. The van der Waals surface area contributed by atoms with Crippen molar-refractivity contribution in [1.29, 1.82) is 0 Å². The fourth-order valence-electron chi connectivity index (χ4n) is 1.77. The fourth-order valence-corrected chi connectivity index (χ4v) is 1.77. The topological polar surface area (TPSA) is 26.3 Å². The molecule has 0 rings (SSSR count). The fraction of sp³-hybridized carbons (Fsp3) is 0.933. The Kier molecular flexibility index (Phi) is 5.52. The lowest BCUT2D eigenvalue weighted by atomic mass is 9.64. The van der Waals surface area contributed by atoms with Crippen LogP contribution in [0.5, 0.6) is 0 Å². The Bertz CT molecular complexity index is 282. The molecule has 3 heteroatoms. The van der Waals surface area contributed by atoms with Crippen molar-refractivity contribution < 1.29 is 9.53 Å². The molecule has 0 radical (unpaired) electrons. The number of hydrogen-bond acceptors (Lipinski definition) is 2. The molecule has 0 saturated heterocycles. The van der Waals surface area contributed by atoms with E-state index in [0.717, 1.165) is 13.7 Å². The number of hydrogen-bond donors (Lipinski definition) is 0. The zero-order valence-corrected chi connectivity index (χ0v) is 13.8. The van der Waals surface area contributed by atoms with E-state index in [1.54, 1.807) is 0 Å². The van der Waals surface area contributed by atoms with Gasteiger partial charge in [-0.3, -0.25) is 4.79 Å². The Balaban J connectivity index is 4.95.